The number of nitrogens with zero attached hydrogens (tertiary/aromatic N) is 2. The van der Waals surface area contributed by atoms with Gasteiger partial charge in [-0.25, -0.2) is 0 Å². The molecule has 0 atom stereocenters. The minimum atomic E-state index is 0.385. The first-order valence-electron chi connectivity index (χ1n) is 4.81. The van der Waals surface area contributed by atoms with E-state index in [1.807, 2.05) is 4.90 Å². The van der Waals surface area contributed by atoms with E-state index in [-0.39, 0.29) is 0 Å². The minimum absolute atomic E-state index is 0.385. The molecule has 0 saturated heterocycles. The third-order valence-electron chi connectivity index (χ3n) is 1.93. The quantitative estimate of drug-likeness (QED) is 0.675. The van der Waals surface area contributed by atoms with Crippen LogP contribution in [0.5, 0.6) is 0 Å². The van der Waals surface area contributed by atoms with Crippen molar-refractivity contribution in [1.29, 1.82) is 0 Å². The van der Waals surface area contributed by atoms with E-state index in [9.17, 15) is 0 Å². The van der Waals surface area contributed by atoms with Gasteiger partial charge in [-0.1, -0.05) is 6.08 Å². The number of methoxy groups -OCH3 is 1. The van der Waals surface area contributed by atoms with Crippen LogP contribution in [-0.4, -0.2) is 31.8 Å². The van der Waals surface area contributed by atoms with Crippen LogP contribution in [0.4, 0.5) is 6.01 Å². The molecule has 0 aromatic carbocycles. The van der Waals surface area contributed by atoms with Gasteiger partial charge in [0, 0.05) is 26.7 Å². The zero-order valence-electron chi connectivity index (χ0n) is 8.98. The van der Waals surface area contributed by atoms with Crippen molar-refractivity contribution in [2.45, 2.75) is 6.54 Å². The fourth-order valence-corrected chi connectivity index (χ4v) is 1.16. The van der Waals surface area contributed by atoms with Gasteiger partial charge in [-0.05, 0) is 0 Å². The highest BCUT2D eigenvalue weighted by atomic mass is 16.5. The second-order valence-corrected chi connectivity index (χ2v) is 3.05. The van der Waals surface area contributed by atoms with E-state index < -0.39 is 0 Å². The number of aromatic nitrogens is 1. The molecular weight excluding hydrogens is 194 g/mol. The van der Waals surface area contributed by atoms with Crippen molar-refractivity contribution >= 4 is 6.01 Å². The van der Waals surface area contributed by atoms with Crippen LogP contribution in [0.25, 0.3) is 0 Å². The first-order chi connectivity index (χ1) is 7.31. The van der Waals surface area contributed by atoms with Crippen LogP contribution in [0.2, 0.25) is 0 Å². The zero-order valence-corrected chi connectivity index (χ0v) is 8.98. The summed E-state index contributed by atoms with van der Waals surface area (Å²) in [5.74, 6) is 0. The van der Waals surface area contributed by atoms with E-state index >= 15 is 0 Å². The average molecular weight is 211 g/mol. The Morgan fingerprint density at radius 1 is 1.73 bits per heavy atom. The SMILES string of the molecule is C=CCN(CCOC)c1nc(CN)co1. The number of hydrogen-bond donors (Lipinski definition) is 1. The van der Waals surface area contributed by atoms with Crippen LogP contribution < -0.4 is 10.6 Å². The molecule has 0 fully saturated rings. The lowest BCUT2D eigenvalue weighted by molar-refractivity contribution is 0.204. The van der Waals surface area contributed by atoms with Crippen molar-refractivity contribution < 1.29 is 9.15 Å². The lowest BCUT2D eigenvalue weighted by Crippen LogP contribution is -2.27. The maximum absolute atomic E-state index is 5.45. The van der Waals surface area contributed by atoms with Gasteiger partial charge in [0.1, 0.15) is 6.26 Å². The molecule has 1 aromatic rings. The maximum atomic E-state index is 5.45. The van der Waals surface area contributed by atoms with Crippen molar-refractivity contribution in [1.82, 2.24) is 4.98 Å². The smallest absolute Gasteiger partial charge is 0.297 e. The van der Waals surface area contributed by atoms with Gasteiger partial charge >= 0.3 is 0 Å². The lowest BCUT2D eigenvalue weighted by atomic mass is 10.5. The van der Waals surface area contributed by atoms with Crippen molar-refractivity contribution in [3.8, 4) is 0 Å². The molecule has 0 bridgehead atoms. The molecular formula is C10H17N3O2. The summed E-state index contributed by atoms with van der Waals surface area (Å²) in [6.45, 7) is 6.08. The molecule has 0 radical (unpaired) electrons. The highest BCUT2D eigenvalue weighted by molar-refractivity contribution is 5.28. The van der Waals surface area contributed by atoms with Crippen LogP contribution in [0.1, 0.15) is 5.69 Å². The van der Waals surface area contributed by atoms with E-state index in [0.717, 1.165) is 5.69 Å². The second-order valence-electron chi connectivity index (χ2n) is 3.05. The molecule has 0 spiro atoms. The molecule has 0 saturated carbocycles. The Bertz CT molecular complexity index is 299. The number of anilines is 1. The topological polar surface area (TPSA) is 64.5 Å². The number of ether oxygens (including phenoxy) is 1. The lowest BCUT2D eigenvalue weighted by Gasteiger charge is -2.17. The molecule has 1 aromatic heterocycles. The summed E-state index contributed by atoms with van der Waals surface area (Å²) >= 11 is 0. The van der Waals surface area contributed by atoms with Gasteiger partial charge in [-0.15, -0.1) is 6.58 Å². The first kappa shape index (κ1) is 11.7. The summed E-state index contributed by atoms with van der Waals surface area (Å²) in [4.78, 5) is 6.17. The molecule has 0 unspecified atom stereocenters. The molecule has 0 amide bonds. The third-order valence-corrected chi connectivity index (χ3v) is 1.93. The van der Waals surface area contributed by atoms with Crippen molar-refractivity contribution in [3.05, 3.63) is 24.6 Å². The van der Waals surface area contributed by atoms with Crippen LogP contribution in [0.15, 0.2) is 23.3 Å². The summed E-state index contributed by atoms with van der Waals surface area (Å²) in [6, 6.07) is 0.562. The highest BCUT2D eigenvalue weighted by Crippen LogP contribution is 2.12. The number of nitrogens with two attached hydrogens (primary N) is 1. The Morgan fingerprint density at radius 3 is 3.07 bits per heavy atom. The van der Waals surface area contributed by atoms with Gasteiger partial charge < -0.3 is 19.8 Å². The summed E-state index contributed by atoms with van der Waals surface area (Å²) in [7, 11) is 1.66. The standard InChI is InChI=1S/C10H17N3O2/c1-3-4-13(5-6-14-2)10-12-9(7-11)8-15-10/h3,8H,1,4-7,11H2,2H3. The molecule has 84 valence electrons. The fraction of sp³-hybridized carbons (Fsp3) is 0.500. The molecule has 0 aliphatic carbocycles. The normalized spacial score (nSPS) is 10.3. The molecule has 15 heavy (non-hydrogen) atoms. The Labute approximate surface area is 89.5 Å². The van der Waals surface area contributed by atoms with E-state index in [0.29, 0.717) is 32.3 Å². The Morgan fingerprint density at radius 2 is 2.53 bits per heavy atom. The first-order valence-corrected chi connectivity index (χ1v) is 4.81. The minimum Gasteiger partial charge on any atom is -0.432 e. The van der Waals surface area contributed by atoms with Crippen LogP contribution in [0.3, 0.4) is 0 Å². The summed E-state index contributed by atoms with van der Waals surface area (Å²) in [5, 5.41) is 0. The summed E-state index contributed by atoms with van der Waals surface area (Å²) in [6.07, 6.45) is 3.36. The molecule has 1 heterocycles. The molecule has 1 rings (SSSR count). The van der Waals surface area contributed by atoms with Crippen LogP contribution in [-0.2, 0) is 11.3 Å². The predicted molar refractivity (Wildman–Crippen MR) is 58.7 cm³/mol. The molecule has 0 aliphatic heterocycles. The Hall–Kier alpha value is -1.33. The number of rotatable bonds is 7. The predicted octanol–water partition coefficient (Wildman–Crippen LogP) is 0.772. The molecule has 5 nitrogen and oxygen atoms in total. The van der Waals surface area contributed by atoms with Gasteiger partial charge in [0.25, 0.3) is 6.01 Å². The molecule has 0 aliphatic rings. The highest BCUT2D eigenvalue weighted by Gasteiger charge is 2.10. The largest absolute Gasteiger partial charge is 0.432 e. The zero-order chi connectivity index (χ0) is 11.1. The van der Waals surface area contributed by atoms with Gasteiger partial charge in [-0.3, -0.25) is 0 Å². The Kier molecular flexibility index (Phi) is 4.86. The fourth-order valence-electron chi connectivity index (χ4n) is 1.16. The maximum Gasteiger partial charge on any atom is 0.297 e. The second kappa shape index (κ2) is 6.21. The van der Waals surface area contributed by atoms with Crippen molar-refractivity contribution in [2.75, 3.05) is 31.7 Å². The van der Waals surface area contributed by atoms with Gasteiger partial charge in [-0.2, -0.15) is 4.98 Å². The van der Waals surface area contributed by atoms with E-state index in [1.54, 1.807) is 19.4 Å². The number of hydrogen-bond acceptors (Lipinski definition) is 5. The molecule has 5 heteroatoms. The van der Waals surface area contributed by atoms with E-state index in [4.69, 9.17) is 14.9 Å². The van der Waals surface area contributed by atoms with Crippen molar-refractivity contribution in [2.24, 2.45) is 5.73 Å². The third kappa shape index (κ3) is 3.38. The van der Waals surface area contributed by atoms with E-state index in [1.165, 1.54) is 0 Å². The van der Waals surface area contributed by atoms with E-state index in [2.05, 4.69) is 11.6 Å². The van der Waals surface area contributed by atoms with Crippen molar-refractivity contribution in [3.63, 3.8) is 0 Å². The number of oxazole rings is 1. The molecule has 2 N–H and O–H groups in total. The van der Waals surface area contributed by atoms with Gasteiger partial charge in [0.15, 0.2) is 0 Å². The van der Waals surface area contributed by atoms with Crippen LogP contribution >= 0.6 is 0 Å². The summed E-state index contributed by atoms with van der Waals surface area (Å²) in [5.41, 5.74) is 6.20. The Balaban J connectivity index is 2.64. The monoisotopic (exact) mass is 211 g/mol. The van der Waals surface area contributed by atoms with Crippen LogP contribution in [0, 0.1) is 0 Å². The average Bonchev–Trinajstić information content (AvgIpc) is 2.72. The van der Waals surface area contributed by atoms with Gasteiger partial charge in [0.05, 0.1) is 12.3 Å². The summed E-state index contributed by atoms with van der Waals surface area (Å²) < 4.78 is 10.3. The van der Waals surface area contributed by atoms with Gasteiger partial charge in [0.2, 0.25) is 0 Å².